The molecule has 0 saturated carbocycles. The smallest absolute Gasteiger partial charge is 0.0853 e. The Morgan fingerprint density at radius 2 is 2.40 bits per heavy atom. The van der Waals surface area contributed by atoms with Gasteiger partial charge in [0, 0.05) is 19.1 Å². The lowest BCUT2D eigenvalue weighted by Crippen LogP contribution is -2.50. The van der Waals surface area contributed by atoms with Gasteiger partial charge in [-0.25, -0.2) is 0 Å². The minimum Gasteiger partial charge on any atom is -0.374 e. The van der Waals surface area contributed by atoms with Crippen molar-refractivity contribution in [1.29, 1.82) is 0 Å². The molecule has 0 aromatic rings. The van der Waals surface area contributed by atoms with Crippen LogP contribution < -0.4 is 5.73 Å². The van der Waals surface area contributed by atoms with Crippen LogP contribution >= 0.6 is 0 Å². The summed E-state index contributed by atoms with van der Waals surface area (Å²) in [4.78, 5) is 2.40. The largest absolute Gasteiger partial charge is 0.374 e. The molecule has 15 heavy (non-hydrogen) atoms. The molecule has 3 nitrogen and oxygen atoms in total. The van der Waals surface area contributed by atoms with Gasteiger partial charge in [0.2, 0.25) is 0 Å². The van der Waals surface area contributed by atoms with Gasteiger partial charge in [0.15, 0.2) is 0 Å². The zero-order valence-electron chi connectivity index (χ0n) is 10.0. The van der Waals surface area contributed by atoms with E-state index in [0.717, 1.165) is 39.1 Å². The molecule has 2 atom stereocenters. The van der Waals surface area contributed by atoms with E-state index in [1.54, 1.807) is 0 Å². The molecule has 0 aromatic heterocycles. The SMILES string of the molecule is C=C(C)CCC(N)C1CN(CC)CCO1. The molecular formula is C12H24N2O. The van der Waals surface area contributed by atoms with Gasteiger partial charge in [-0.05, 0) is 26.3 Å². The molecule has 0 spiro atoms. The molecule has 1 saturated heterocycles. The first-order valence-electron chi connectivity index (χ1n) is 5.87. The molecule has 1 aliphatic rings. The molecule has 1 heterocycles. The lowest BCUT2D eigenvalue weighted by atomic mass is 10.0. The van der Waals surface area contributed by atoms with Crippen molar-refractivity contribution in [3.63, 3.8) is 0 Å². The summed E-state index contributed by atoms with van der Waals surface area (Å²) < 4.78 is 5.71. The Morgan fingerprint density at radius 3 is 3.00 bits per heavy atom. The third-order valence-electron chi connectivity index (χ3n) is 3.01. The van der Waals surface area contributed by atoms with Gasteiger partial charge in [-0.3, -0.25) is 4.90 Å². The van der Waals surface area contributed by atoms with Crippen LogP contribution in [-0.2, 0) is 4.74 Å². The lowest BCUT2D eigenvalue weighted by Gasteiger charge is -2.35. The van der Waals surface area contributed by atoms with Crippen LogP contribution in [0, 0.1) is 0 Å². The Balaban J connectivity index is 2.31. The number of nitrogens with zero attached hydrogens (tertiary/aromatic N) is 1. The van der Waals surface area contributed by atoms with Crippen LogP contribution in [0.1, 0.15) is 26.7 Å². The predicted octanol–water partition coefficient (Wildman–Crippen LogP) is 1.39. The maximum absolute atomic E-state index is 6.12. The summed E-state index contributed by atoms with van der Waals surface area (Å²) in [5, 5.41) is 0. The van der Waals surface area contributed by atoms with Crippen molar-refractivity contribution in [3.8, 4) is 0 Å². The Hall–Kier alpha value is -0.380. The second-order valence-corrected chi connectivity index (χ2v) is 4.46. The molecule has 1 fully saturated rings. The maximum atomic E-state index is 6.12. The van der Waals surface area contributed by atoms with Crippen LogP contribution in [0.2, 0.25) is 0 Å². The zero-order valence-corrected chi connectivity index (χ0v) is 10.0. The standard InChI is InChI=1S/C12H24N2O/c1-4-14-7-8-15-12(9-14)11(13)6-5-10(2)3/h11-12H,2,4-9,13H2,1,3H3. The highest BCUT2D eigenvalue weighted by Crippen LogP contribution is 2.13. The summed E-state index contributed by atoms with van der Waals surface area (Å²) in [6.45, 7) is 12.1. The minimum atomic E-state index is 0.149. The number of allylic oxidation sites excluding steroid dienone is 1. The van der Waals surface area contributed by atoms with Gasteiger partial charge in [0.05, 0.1) is 12.7 Å². The first-order valence-corrected chi connectivity index (χ1v) is 5.87. The highest BCUT2D eigenvalue weighted by Gasteiger charge is 2.24. The number of hydrogen-bond donors (Lipinski definition) is 1. The third kappa shape index (κ3) is 4.33. The van der Waals surface area contributed by atoms with E-state index in [2.05, 4.69) is 18.4 Å². The van der Waals surface area contributed by atoms with E-state index in [1.165, 1.54) is 5.57 Å². The van der Waals surface area contributed by atoms with Gasteiger partial charge in [-0.1, -0.05) is 12.5 Å². The number of hydrogen-bond acceptors (Lipinski definition) is 3. The van der Waals surface area contributed by atoms with E-state index in [-0.39, 0.29) is 12.1 Å². The highest BCUT2D eigenvalue weighted by molar-refractivity contribution is 4.91. The van der Waals surface area contributed by atoms with Crippen LogP contribution in [0.15, 0.2) is 12.2 Å². The molecule has 0 amide bonds. The Morgan fingerprint density at radius 1 is 1.67 bits per heavy atom. The second-order valence-electron chi connectivity index (χ2n) is 4.46. The third-order valence-corrected chi connectivity index (χ3v) is 3.01. The van der Waals surface area contributed by atoms with E-state index >= 15 is 0 Å². The average molecular weight is 212 g/mol. The number of ether oxygens (including phenoxy) is 1. The molecule has 2 unspecified atom stereocenters. The zero-order chi connectivity index (χ0) is 11.3. The molecular weight excluding hydrogens is 188 g/mol. The van der Waals surface area contributed by atoms with E-state index in [4.69, 9.17) is 10.5 Å². The van der Waals surface area contributed by atoms with Crippen LogP contribution in [0.5, 0.6) is 0 Å². The Labute approximate surface area is 93.3 Å². The van der Waals surface area contributed by atoms with Gasteiger partial charge in [-0.15, -0.1) is 6.58 Å². The van der Waals surface area contributed by atoms with Crippen LogP contribution in [-0.4, -0.2) is 43.3 Å². The van der Waals surface area contributed by atoms with E-state index < -0.39 is 0 Å². The summed E-state index contributed by atoms with van der Waals surface area (Å²) in [6.07, 6.45) is 2.20. The Kier molecular flexibility index (Phi) is 5.29. The summed E-state index contributed by atoms with van der Waals surface area (Å²) in [7, 11) is 0. The van der Waals surface area contributed by atoms with Crippen molar-refractivity contribution in [1.82, 2.24) is 4.90 Å². The highest BCUT2D eigenvalue weighted by atomic mass is 16.5. The quantitative estimate of drug-likeness (QED) is 0.700. The predicted molar refractivity (Wildman–Crippen MR) is 63.9 cm³/mol. The van der Waals surface area contributed by atoms with Gasteiger partial charge in [0.25, 0.3) is 0 Å². The van der Waals surface area contributed by atoms with E-state index in [1.807, 2.05) is 6.92 Å². The molecule has 0 aliphatic carbocycles. The van der Waals surface area contributed by atoms with E-state index in [0.29, 0.717) is 0 Å². The maximum Gasteiger partial charge on any atom is 0.0853 e. The topological polar surface area (TPSA) is 38.5 Å². The Bertz CT molecular complexity index is 206. The number of nitrogens with two attached hydrogens (primary N) is 1. The van der Waals surface area contributed by atoms with Crippen LogP contribution in [0.25, 0.3) is 0 Å². The summed E-state index contributed by atoms with van der Waals surface area (Å²) in [6, 6.07) is 0.149. The van der Waals surface area contributed by atoms with Gasteiger partial charge in [-0.2, -0.15) is 0 Å². The molecule has 0 radical (unpaired) electrons. The molecule has 2 N–H and O–H groups in total. The van der Waals surface area contributed by atoms with Gasteiger partial charge >= 0.3 is 0 Å². The summed E-state index contributed by atoms with van der Waals surface area (Å²) in [5.41, 5.74) is 7.32. The molecule has 3 heteroatoms. The van der Waals surface area contributed by atoms with Crippen molar-refractivity contribution in [3.05, 3.63) is 12.2 Å². The van der Waals surface area contributed by atoms with Gasteiger partial charge < -0.3 is 10.5 Å². The monoisotopic (exact) mass is 212 g/mol. The van der Waals surface area contributed by atoms with Gasteiger partial charge in [0.1, 0.15) is 0 Å². The number of likely N-dealkylation sites (N-methyl/N-ethyl adjacent to an activating group) is 1. The first-order chi connectivity index (χ1) is 7.13. The van der Waals surface area contributed by atoms with Crippen molar-refractivity contribution < 1.29 is 4.74 Å². The van der Waals surface area contributed by atoms with Crippen molar-refractivity contribution in [2.24, 2.45) is 5.73 Å². The van der Waals surface area contributed by atoms with Crippen molar-refractivity contribution in [2.75, 3.05) is 26.2 Å². The molecule has 0 bridgehead atoms. The lowest BCUT2D eigenvalue weighted by molar-refractivity contribution is -0.0397. The van der Waals surface area contributed by atoms with Crippen molar-refractivity contribution >= 4 is 0 Å². The fraction of sp³-hybridized carbons (Fsp3) is 0.833. The van der Waals surface area contributed by atoms with Crippen LogP contribution in [0.3, 0.4) is 0 Å². The molecule has 1 rings (SSSR count). The number of rotatable bonds is 5. The molecule has 88 valence electrons. The molecule has 0 aromatic carbocycles. The number of morpholine rings is 1. The molecule has 1 aliphatic heterocycles. The van der Waals surface area contributed by atoms with E-state index in [9.17, 15) is 0 Å². The summed E-state index contributed by atoms with van der Waals surface area (Å²) >= 11 is 0. The normalized spacial score (nSPS) is 25.1. The first kappa shape index (κ1) is 12.7. The fourth-order valence-corrected chi connectivity index (χ4v) is 1.88. The second kappa shape index (κ2) is 6.26. The summed E-state index contributed by atoms with van der Waals surface area (Å²) in [5.74, 6) is 0. The minimum absolute atomic E-state index is 0.149. The van der Waals surface area contributed by atoms with Crippen LogP contribution in [0.4, 0.5) is 0 Å². The van der Waals surface area contributed by atoms with Crippen molar-refractivity contribution in [2.45, 2.75) is 38.8 Å². The fourth-order valence-electron chi connectivity index (χ4n) is 1.88. The average Bonchev–Trinajstić information content (AvgIpc) is 2.26.